The summed E-state index contributed by atoms with van der Waals surface area (Å²) in [6.45, 7) is 1.89. The number of carbonyl (C=O) groups excluding carboxylic acids is 1. The Morgan fingerprint density at radius 1 is 1.15 bits per heavy atom. The molecule has 34 heavy (non-hydrogen) atoms. The van der Waals surface area contributed by atoms with Crippen LogP contribution in [0.25, 0.3) is 16.9 Å². The monoisotopic (exact) mass is 491 g/mol. The van der Waals surface area contributed by atoms with Gasteiger partial charge in [0.2, 0.25) is 11.0 Å². The number of anilines is 1. The van der Waals surface area contributed by atoms with Crippen LogP contribution in [0, 0.1) is 0 Å². The molecule has 5 rings (SSSR count). The predicted octanol–water partition coefficient (Wildman–Crippen LogP) is 5.60. The average molecular weight is 492 g/mol. The molecule has 1 aliphatic rings. The maximum absolute atomic E-state index is 12.4. The van der Waals surface area contributed by atoms with Gasteiger partial charge in [0.25, 0.3) is 0 Å². The second kappa shape index (κ2) is 9.99. The van der Waals surface area contributed by atoms with Crippen LogP contribution in [0.5, 0.6) is 5.75 Å². The SMILES string of the molecule is CCC(=O)N(c1nnc(SCc2cn(-c3ccccc3)nc2-c2ccc(OC)cc2)s1)C1CC1. The maximum atomic E-state index is 12.4. The Labute approximate surface area is 206 Å². The van der Waals surface area contributed by atoms with Gasteiger partial charge < -0.3 is 4.74 Å². The van der Waals surface area contributed by atoms with Crippen molar-refractivity contribution in [2.75, 3.05) is 12.0 Å². The summed E-state index contributed by atoms with van der Waals surface area (Å²) in [4.78, 5) is 14.2. The number of amides is 1. The summed E-state index contributed by atoms with van der Waals surface area (Å²) in [5, 5.41) is 14.3. The first-order valence-corrected chi connectivity index (χ1v) is 13.0. The number of aromatic nitrogens is 4. The Bertz CT molecular complexity index is 1270. The Kier molecular flexibility index (Phi) is 6.64. The Morgan fingerprint density at radius 3 is 2.59 bits per heavy atom. The van der Waals surface area contributed by atoms with Gasteiger partial charge in [-0.3, -0.25) is 9.69 Å². The number of para-hydroxylation sites is 1. The van der Waals surface area contributed by atoms with E-state index in [0.29, 0.717) is 17.3 Å². The molecule has 2 aromatic carbocycles. The van der Waals surface area contributed by atoms with Gasteiger partial charge in [0.15, 0.2) is 4.34 Å². The van der Waals surface area contributed by atoms with Crippen molar-refractivity contribution < 1.29 is 9.53 Å². The molecule has 0 spiro atoms. The number of hydrogen-bond acceptors (Lipinski definition) is 7. The highest BCUT2D eigenvalue weighted by Gasteiger charge is 2.35. The molecule has 0 saturated heterocycles. The Balaban J connectivity index is 1.40. The van der Waals surface area contributed by atoms with Crippen LogP contribution >= 0.6 is 23.1 Å². The first-order valence-electron chi connectivity index (χ1n) is 11.2. The van der Waals surface area contributed by atoms with Gasteiger partial charge in [0.05, 0.1) is 18.5 Å². The lowest BCUT2D eigenvalue weighted by Gasteiger charge is -2.17. The second-order valence-electron chi connectivity index (χ2n) is 8.00. The fourth-order valence-corrected chi connectivity index (χ4v) is 5.58. The van der Waals surface area contributed by atoms with Gasteiger partial charge in [-0.05, 0) is 49.2 Å². The summed E-state index contributed by atoms with van der Waals surface area (Å²) in [5.74, 6) is 1.61. The zero-order valence-corrected chi connectivity index (χ0v) is 20.7. The third-order valence-corrected chi connectivity index (χ3v) is 7.72. The lowest BCUT2D eigenvalue weighted by molar-refractivity contribution is -0.118. The highest BCUT2D eigenvalue weighted by atomic mass is 32.2. The van der Waals surface area contributed by atoms with Crippen LogP contribution in [0.15, 0.2) is 65.1 Å². The summed E-state index contributed by atoms with van der Waals surface area (Å²) in [6, 6.07) is 18.3. The lowest BCUT2D eigenvalue weighted by atomic mass is 10.1. The van der Waals surface area contributed by atoms with E-state index in [4.69, 9.17) is 9.84 Å². The molecule has 2 heterocycles. The molecule has 1 aliphatic carbocycles. The van der Waals surface area contributed by atoms with Crippen LogP contribution < -0.4 is 9.64 Å². The predicted molar refractivity (Wildman–Crippen MR) is 136 cm³/mol. The van der Waals surface area contributed by atoms with E-state index < -0.39 is 0 Å². The highest BCUT2D eigenvalue weighted by molar-refractivity contribution is 8.00. The highest BCUT2D eigenvalue weighted by Crippen LogP contribution is 2.38. The maximum Gasteiger partial charge on any atom is 0.228 e. The quantitative estimate of drug-likeness (QED) is 0.224. The normalized spacial score (nSPS) is 13.1. The number of hydrogen-bond donors (Lipinski definition) is 0. The summed E-state index contributed by atoms with van der Waals surface area (Å²) in [6.07, 6.45) is 4.62. The molecule has 174 valence electrons. The van der Waals surface area contributed by atoms with Crippen LogP contribution in [-0.2, 0) is 10.5 Å². The molecule has 0 bridgehead atoms. The summed E-state index contributed by atoms with van der Waals surface area (Å²) < 4.78 is 8.07. The van der Waals surface area contributed by atoms with Gasteiger partial charge in [-0.2, -0.15) is 5.10 Å². The van der Waals surface area contributed by atoms with Crippen LogP contribution in [-0.4, -0.2) is 39.0 Å². The zero-order valence-electron chi connectivity index (χ0n) is 19.0. The number of nitrogens with zero attached hydrogens (tertiary/aromatic N) is 5. The largest absolute Gasteiger partial charge is 0.497 e. The minimum Gasteiger partial charge on any atom is -0.497 e. The number of ether oxygens (including phenoxy) is 1. The van der Waals surface area contributed by atoms with Gasteiger partial charge in [-0.1, -0.05) is 48.2 Å². The van der Waals surface area contributed by atoms with Crippen molar-refractivity contribution in [3.8, 4) is 22.7 Å². The van der Waals surface area contributed by atoms with Gasteiger partial charge in [-0.25, -0.2) is 4.68 Å². The van der Waals surface area contributed by atoms with E-state index in [1.165, 1.54) is 11.3 Å². The van der Waals surface area contributed by atoms with E-state index in [1.807, 2.05) is 71.1 Å². The first-order chi connectivity index (χ1) is 16.7. The van der Waals surface area contributed by atoms with Gasteiger partial charge in [-0.15, -0.1) is 10.2 Å². The summed E-state index contributed by atoms with van der Waals surface area (Å²) >= 11 is 3.10. The minimum atomic E-state index is 0.112. The van der Waals surface area contributed by atoms with Crippen LogP contribution in [0.2, 0.25) is 0 Å². The van der Waals surface area contributed by atoms with Crippen molar-refractivity contribution in [2.45, 2.75) is 42.3 Å². The number of thioether (sulfide) groups is 1. The lowest BCUT2D eigenvalue weighted by Crippen LogP contribution is -2.32. The smallest absolute Gasteiger partial charge is 0.228 e. The number of benzene rings is 2. The van der Waals surface area contributed by atoms with E-state index in [-0.39, 0.29) is 11.9 Å². The Morgan fingerprint density at radius 2 is 1.91 bits per heavy atom. The van der Waals surface area contributed by atoms with Crippen LogP contribution in [0.3, 0.4) is 0 Å². The molecule has 0 aliphatic heterocycles. The molecular formula is C25H25N5O2S2. The van der Waals surface area contributed by atoms with Crippen LogP contribution in [0.4, 0.5) is 5.13 Å². The number of carbonyl (C=O) groups is 1. The van der Waals surface area contributed by atoms with Gasteiger partial charge in [0.1, 0.15) is 5.75 Å². The van der Waals surface area contributed by atoms with E-state index >= 15 is 0 Å². The van der Waals surface area contributed by atoms with Gasteiger partial charge >= 0.3 is 0 Å². The first kappa shape index (κ1) is 22.6. The van der Waals surface area contributed by atoms with E-state index in [1.54, 1.807) is 18.9 Å². The third kappa shape index (κ3) is 4.85. The minimum absolute atomic E-state index is 0.112. The fourth-order valence-electron chi connectivity index (χ4n) is 3.69. The van der Waals surface area contributed by atoms with E-state index in [0.717, 1.165) is 45.4 Å². The van der Waals surface area contributed by atoms with Crippen molar-refractivity contribution in [1.82, 2.24) is 20.0 Å². The molecule has 7 nitrogen and oxygen atoms in total. The second-order valence-corrected chi connectivity index (χ2v) is 10.2. The standard InChI is InChI=1S/C25H25N5O2S2/c1-3-22(31)30(20-11-12-20)24-26-27-25(34-24)33-16-18-15-29(19-7-5-4-6-8-19)28-23(18)17-9-13-21(32-2)14-10-17/h4-10,13-15,20H,3,11-12,16H2,1-2H3. The number of rotatable bonds is 9. The molecule has 0 atom stereocenters. The van der Waals surface area contributed by atoms with Crippen molar-refractivity contribution in [2.24, 2.45) is 0 Å². The molecule has 1 amide bonds. The molecule has 1 saturated carbocycles. The van der Waals surface area contributed by atoms with Crippen LogP contribution in [0.1, 0.15) is 31.7 Å². The van der Waals surface area contributed by atoms with E-state index in [2.05, 4.69) is 16.4 Å². The zero-order chi connectivity index (χ0) is 23.5. The average Bonchev–Trinajstić information content (AvgIpc) is 3.44. The molecule has 2 aromatic heterocycles. The van der Waals surface area contributed by atoms with E-state index in [9.17, 15) is 4.79 Å². The van der Waals surface area contributed by atoms with Gasteiger partial charge in [0, 0.05) is 35.5 Å². The molecule has 0 N–H and O–H groups in total. The van der Waals surface area contributed by atoms with Crippen molar-refractivity contribution >= 4 is 34.1 Å². The fraction of sp³-hybridized carbons (Fsp3) is 0.280. The summed E-state index contributed by atoms with van der Waals surface area (Å²) in [7, 11) is 1.66. The summed E-state index contributed by atoms with van der Waals surface area (Å²) in [5.41, 5.74) is 4.05. The van der Waals surface area contributed by atoms with Crippen molar-refractivity contribution in [1.29, 1.82) is 0 Å². The van der Waals surface area contributed by atoms with Crippen molar-refractivity contribution in [3.63, 3.8) is 0 Å². The number of methoxy groups -OCH3 is 1. The van der Waals surface area contributed by atoms with Crippen molar-refractivity contribution in [3.05, 3.63) is 66.4 Å². The topological polar surface area (TPSA) is 73.1 Å². The molecule has 1 fully saturated rings. The Hall–Kier alpha value is -3.17. The third-order valence-electron chi connectivity index (χ3n) is 5.61. The molecule has 0 unspecified atom stereocenters. The molecular weight excluding hydrogens is 466 g/mol. The molecule has 4 aromatic rings. The molecule has 0 radical (unpaired) electrons. The molecule has 9 heteroatoms.